The molecule has 88 valence electrons. The van der Waals surface area contributed by atoms with Gasteiger partial charge < -0.3 is 15.4 Å². The standard InChI is InChI=1S/C11H18N4O/c12-14-10-4-1-5-11(13-10)15-6-2-3-9(7-15)8-16/h1,4-5,9,16H,2-3,6-8,12H2,(H,13,14). The van der Waals surface area contributed by atoms with Gasteiger partial charge in [-0.25, -0.2) is 10.8 Å². The summed E-state index contributed by atoms with van der Waals surface area (Å²) in [7, 11) is 0. The van der Waals surface area contributed by atoms with Crippen LogP contribution < -0.4 is 16.2 Å². The molecule has 1 aromatic rings. The molecule has 0 amide bonds. The Morgan fingerprint density at radius 1 is 1.56 bits per heavy atom. The van der Waals surface area contributed by atoms with E-state index in [1.54, 1.807) is 0 Å². The maximum atomic E-state index is 9.18. The summed E-state index contributed by atoms with van der Waals surface area (Å²) in [6.07, 6.45) is 2.20. The molecule has 1 aromatic heterocycles. The van der Waals surface area contributed by atoms with E-state index in [-0.39, 0.29) is 6.61 Å². The smallest absolute Gasteiger partial charge is 0.142 e. The summed E-state index contributed by atoms with van der Waals surface area (Å²) < 4.78 is 0. The number of nitrogens with zero attached hydrogens (tertiary/aromatic N) is 2. The second-order valence-electron chi connectivity index (χ2n) is 4.16. The molecule has 5 nitrogen and oxygen atoms in total. The van der Waals surface area contributed by atoms with E-state index in [9.17, 15) is 5.11 Å². The molecular formula is C11H18N4O. The van der Waals surface area contributed by atoms with Gasteiger partial charge in [-0.15, -0.1) is 0 Å². The van der Waals surface area contributed by atoms with Gasteiger partial charge in [0.05, 0.1) is 0 Å². The Morgan fingerprint density at radius 2 is 2.44 bits per heavy atom. The second-order valence-corrected chi connectivity index (χ2v) is 4.16. The highest BCUT2D eigenvalue weighted by molar-refractivity contribution is 5.46. The number of nitrogens with one attached hydrogen (secondary N) is 1. The first-order valence-corrected chi connectivity index (χ1v) is 5.63. The third-order valence-electron chi connectivity index (χ3n) is 2.98. The van der Waals surface area contributed by atoms with Crippen molar-refractivity contribution in [3.8, 4) is 0 Å². The molecule has 0 aromatic carbocycles. The van der Waals surface area contributed by atoms with Crippen LogP contribution in [0.15, 0.2) is 18.2 Å². The number of piperidine rings is 1. The van der Waals surface area contributed by atoms with Gasteiger partial charge in [-0.2, -0.15) is 0 Å². The van der Waals surface area contributed by atoms with Gasteiger partial charge in [-0.1, -0.05) is 6.07 Å². The molecule has 1 atom stereocenters. The van der Waals surface area contributed by atoms with Crippen LogP contribution in [0.4, 0.5) is 11.6 Å². The lowest BCUT2D eigenvalue weighted by Crippen LogP contribution is -2.37. The Labute approximate surface area is 95.2 Å². The predicted octanol–water partition coefficient (Wildman–Crippen LogP) is 0.576. The van der Waals surface area contributed by atoms with Crippen LogP contribution in [0.5, 0.6) is 0 Å². The van der Waals surface area contributed by atoms with Crippen molar-refractivity contribution in [2.24, 2.45) is 11.8 Å². The van der Waals surface area contributed by atoms with Crippen molar-refractivity contribution in [2.45, 2.75) is 12.8 Å². The molecule has 4 N–H and O–H groups in total. The minimum atomic E-state index is 0.255. The second kappa shape index (κ2) is 5.14. The largest absolute Gasteiger partial charge is 0.396 e. The molecule has 0 aliphatic carbocycles. The highest BCUT2D eigenvalue weighted by Gasteiger charge is 2.20. The summed E-state index contributed by atoms with van der Waals surface area (Å²) in [6.45, 7) is 2.13. The summed E-state index contributed by atoms with van der Waals surface area (Å²) in [4.78, 5) is 6.59. The van der Waals surface area contributed by atoms with E-state index in [0.717, 1.165) is 31.7 Å². The van der Waals surface area contributed by atoms with Crippen molar-refractivity contribution in [1.82, 2.24) is 4.98 Å². The number of anilines is 2. The van der Waals surface area contributed by atoms with Crippen molar-refractivity contribution in [2.75, 3.05) is 30.0 Å². The van der Waals surface area contributed by atoms with E-state index in [1.807, 2.05) is 18.2 Å². The average molecular weight is 222 g/mol. The number of aromatic nitrogens is 1. The number of aliphatic hydroxyl groups excluding tert-OH is 1. The number of hydrogen-bond donors (Lipinski definition) is 3. The van der Waals surface area contributed by atoms with Crippen molar-refractivity contribution in [1.29, 1.82) is 0 Å². The maximum absolute atomic E-state index is 9.18. The van der Waals surface area contributed by atoms with Crippen molar-refractivity contribution >= 4 is 11.6 Å². The Bertz CT molecular complexity index is 345. The minimum Gasteiger partial charge on any atom is -0.396 e. The summed E-state index contributed by atoms with van der Waals surface area (Å²) in [5, 5.41) is 9.18. The predicted molar refractivity (Wildman–Crippen MR) is 64.1 cm³/mol. The minimum absolute atomic E-state index is 0.255. The molecule has 0 spiro atoms. The molecule has 1 aliphatic heterocycles. The quantitative estimate of drug-likeness (QED) is 0.515. The number of hydrogen-bond acceptors (Lipinski definition) is 5. The lowest BCUT2D eigenvalue weighted by atomic mass is 9.99. The van der Waals surface area contributed by atoms with Crippen molar-refractivity contribution in [3.63, 3.8) is 0 Å². The highest BCUT2D eigenvalue weighted by Crippen LogP contribution is 2.22. The van der Waals surface area contributed by atoms with Crippen molar-refractivity contribution < 1.29 is 5.11 Å². The molecule has 16 heavy (non-hydrogen) atoms. The Morgan fingerprint density at radius 3 is 3.19 bits per heavy atom. The summed E-state index contributed by atoms with van der Waals surface area (Å²) in [5.41, 5.74) is 2.54. The fraction of sp³-hybridized carbons (Fsp3) is 0.545. The van der Waals surface area contributed by atoms with Crippen LogP contribution in [0, 0.1) is 5.92 Å². The lowest BCUT2D eigenvalue weighted by molar-refractivity contribution is 0.208. The number of nitrogens with two attached hydrogens (primary N) is 1. The van der Waals surface area contributed by atoms with Crippen molar-refractivity contribution in [3.05, 3.63) is 18.2 Å². The lowest BCUT2D eigenvalue weighted by Gasteiger charge is -2.32. The first-order valence-electron chi connectivity index (χ1n) is 5.63. The molecule has 0 bridgehead atoms. The zero-order valence-corrected chi connectivity index (χ0v) is 9.26. The molecule has 1 fully saturated rings. The molecule has 1 aliphatic rings. The molecule has 2 rings (SSSR count). The molecule has 1 saturated heterocycles. The van der Waals surface area contributed by atoms with E-state index in [2.05, 4.69) is 15.3 Å². The molecule has 0 saturated carbocycles. The molecule has 2 heterocycles. The average Bonchev–Trinajstić information content (AvgIpc) is 2.39. The fourth-order valence-electron chi connectivity index (χ4n) is 2.10. The van der Waals surface area contributed by atoms with E-state index >= 15 is 0 Å². The summed E-state index contributed by atoms with van der Waals surface area (Å²) in [6, 6.07) is 5.73. The van der Waals surface area contributed by atoms with E-state index in [0.29, 0.717) is 11.7 Å². The summed E-state index contributed by atoms with van der Waals surface area (Å²) in [5.74, 6) is 7.29. The van der Waals surface area contributed by atoms with Gasteiger partial charge in [0.1, 0.15) is 11.6 Å². The number of nitrogen functional groups attached to an aromatic ring is 1. The fourth-order valence-corrected chi connectivity index (χ4v) is 2.10. The Kier molecular flexibility index (Phi) is 3.58. The van der Waals surface area contributed by atoms with Crippen LogP contribution in [-0.2, 0) is 0 Å². The third-order valence-corrected chi connectivity index (χ3v) is 2.98. The van der Waals surface area contributed by atoms with Crippen LogP contribution in [-0.4, -0.2) is 29.8 Å². The van der Waals surface area contributed by atoms with Gasteiger partial charge in [0.2, 0.25) is 0 Å². The topological polar surface area (TPSA) is 74.4 Å². The SMILES string of the molecule is NNc1cccc(N2CCCC(CO)C2)n1. The highest BCUT2D eigenvalue weighted by atomic mass is 16.3. The van der Waals surface area contributed by atoms with Gasteiger partial charge in [0.25, 0.3) is 0 Å². The van der Waals surface area contributed by atoms with Crippen LogP contribution >= 0.6 is 0 Å². The molecule has 0 radical (unpaired) electrons. The van der Waals surface area contributed by atoms with Gasteiger partial charge >= 0.3 is 0 Å². The zero-order valence-electron chi connectivity index (χ0n) is 9.26. The monoisotopic (exact) mass is 222 g/mol. The Hall–Kier alpha value is -1.33. The normalized spacial score (nSPS) is 20.9. The Balaban J connectivity index is 2.10. The molecular weight excluding hydrogens is 204 g/mol. The number of pyridine rings is 1. The van der Waals surface area contributed by atoms with E-state index < -0.39 is 0 Å². The van der Waals surface area contributed by atoms with Gasteiger partial charge in [-0.3, -0.25) is 0 Å². The first-order chi connectivity index (χ1) is 7.83. The van der Waals surface area contributed by atoms with E-state index in [1.165, 1.54) is 0 Å². The number of rotatable bonds is 3. The first kappa shape index (κ1) is 11.2. The van der Waals surface area contributed by atoms with E-state index in [4.69, 9.17) is 5.84 Å². The van der Waals surface area contributed by atoms with Gasteiger partial charge in [-0.05, 0) is 30.9 Å². The summed E-state index contributed by atoms with van der Waals surface area (Å²) >= 11 is 0. The van der Waals surface area contributed by atoms with Crippen LogP contribution in [0.1, 0.15) is 12.8 Å². The number of hydrazine groups is 1. The molecule has 5 heteroatoms. The van der Waals surface area contributed by atoms with Crippen LogP contribution in [0.3, 0.4) is 0 Å². The third kappa shape index (κ3) is 2.43. The van der Waals surface area contributed by atoms with Crippen LogP contribution in [0.2, 0.25) is 0 Å². The zero-order chi connectivity index (χ0) is 11.4. The van der Waals surface area contributed by atoms with Crippen LogP contribution in [0.25, 0.3) is 0 Å². The van der Waals surface area contributed by atoms with Gasteiger partial charge in [0.15, 0.2) is 0 Å². The van der Waals surface area contributed by atoms with Gasteiger partial charge in [0, 0.05) is 19.7 Å². The maximum Gasteiger partial charge on any atom is 0.142 e. The number of aliphatic hydroxyl groups is 1. The molecule has 1 unspecified atom stereocenters.